The third-order valence-corrected chi connectivity index (χ3v) is 5.88. The van der Waals surface area contributed by atoms with Crippen molar-refractivity contribution in [3.8, 4) is 0 Å². The van der Waals surface area contributed by atoms with Crippen LogP contribution in [0.3, 0.4) is 0 Å². The molecule has 3 heteroatoms. The van der Waals surface area contributed by atoms with Crippen LogP contribution in [0.1, 0.15) is 51.0 Å². The van der Waals surface area contributed by atoms with Gasteiger partial charge in [0.15, 0.2) is 0 Å². The van der Waals surface area contributed by atoms with Crippen LogP contribution in [0.5, 0.6) is 0 Å². The molecule has 0 aromatic carbocycles. The van der Waals surface area contributed by atoms with Crippen molar-refractivity contribution in [1.29, 1.82) is 0 Å². The Morgan fingerprint density at radius 1 is 1.17 bits per heavy atom. The van der Waals surface area contributed by atoms with Crippen molar-refractivity contribution in [3.63, 3.8) is 0 Å². The number of nitrogens with one attached hydrogen (secondary N) is 1. The van der Waals surface area contributed by atoms with Gasteiger partial charge in [0.05, 0.1) is 0 Å². The van der Waals surface area contributed by atoms with E-state index in [0.29, 0.717) is 6.04 Å². The minimum atomic E-state index is 0.546. The Hall–Kier alpha value is -0.380. The van der Waals surface area contributed by atoms with E-state index in [9.17, 15) is 0 Å². The average molecular weight is 281 g/mol. The number of hydrogen-bond acceptors (Lipinski definition) is 3. The van der Waals surface area contributed by atoms with Crippen molar-refractivity contribution in [2.75, 3.05) is 6.54 Å². The summed E-state index contributed by atoms with van der Waals surface area (Å²) in [5.74, 6) is 0.842. The molecule has 0 aliphatic carbocycles. The summed E-state index contributed by atoms with van der Waals surface area (Å²) in [6, 6.07) is 5.18. The first kappa shape index (κ1) is 14.0. The van der Waals surface area contributed by atoms with Crippen LogP contribution in [0, 0.1) is 5.92 Å². The zero-order valence-electron chi connectivity index (χ0n) is 11.5. The first-order valence-corrected chi connectivity index (χ1v) is 8.68. The minimum Gasteiger partial charge on any atom is -0.310 e. The van der Waals surface area contributed by atoms with Gasteiger partial charge in [-0.3, -0.25) is 0 Å². The standard InChI is InChI=1S/C15H23NS2/c1-4-11(5-2)9-12(16-6-3)14-10-15-13(18-14)7-8-17-15/h7-8,10-12,16H,4-6,9H2,1-3H3. The Morgan fingerprint density at radius 2 is 1.94 bits per heavy atom. The topological polar surface area (TPSA) is 12.0 Å². The first-order chi connectivity index (χ1) is 8.78. The highest BCUT2D eigenvalue weighted by Gasteiger charge is 2.17. The van der Waals surface area contributed by atoms with Crippen LogP contribution in [-0.4, -0.2) is 6.54 Å². The molecular weight excluding hydrogens is 258 g/mol. The lowest BCUT2D eigenvalue weighted by Gasteiger charge is -2.21. The SMILES string of the molecule is CCNC(CC(CC)CC)c1cc2sccc2s1. The average Bonchev–Trinajstić information content (AvgIpc) is 2.95. The third-order valence-electron chi connectivity index (χ3n) is 3.68. The zero-order chi connectivity index (χ0) is 13.0. The monoisotopic (exact) mass is 281 g/mol. The van der Waals surface area contributed by atoms with Crippen molar-refractivity contribution in [1.82, 2.24) is 5.32 Å². The van der Waals surface area contributed by atoms with Crippen LogP contribution in [-0.2, 0) is 0 Å². The summed E-state index contributed by atoms with van der Waals surface area (Å²) in [5.41, 5.74) is 0. The van der Waals surface area contributed by atoms with E-state index in [0.717, 1.165) is 12.5 Å². The molecule has 0 radical (unpaired) electrons. The Labute approximate surface area is 118 Å². The number of hydrogen-bond donors (Lipinski definition) is 1. The maximum Gasteiger partial charge on any atom is 0.0454 e. The van der Waals surface area contributed by atoms with E-state index in [-0.39, 0.29) is 0 Å². The molecule has 100 valence electrons. The number of rotatable bonds is 7. The number of fused-ring (bicyclic) bond motifs is 1. The van der Waals surface area contributed by atoms with Gasteiger partial charge in [0.1, 0.15) is 0 Å². The Morgan fingerprint density at radius 3 is 2.56 bits per heavy atom. The molecule has 2 heterocycles. The second-order valence-electron chi connectivity index (χ2n) is 4.83. The predicted molar refractivity (Wildman–Crippen MR) is 84.8 cm³/mol. The molecule has 1 N–H and O–H groups in total. The quantitative estimate of drug-likeness (QED) is 0.712. The molecule has 0 aliphatic rings. The van der Waals surface area contributed by atoms with Crippen molar-refractivity contribution in [3.05, 3.63) is 22.4 Å². The van der Waals surface area contributed by atoms with E-state index < -0.39 is 0 Å². The Balaban J connectivity index is 2.15. The highest BCUT2D eigenvalue weighted by molar-refractivity contribution is 7.26. The fourth-order valence-electron chi connectivity index (χ4n) is 2.46. The van der Waals surface area contributed by atoms with Crippen LogP contribution in [0.15, 0.2) is 17.5 Å². The van der Waals surface area contributed by atoms with Gasteiger partial charge in [-0.15, -0.1) is 22.7 Å². The molecule has 0 spiro atoms. The summed E-state index contributed by atoms with van der Waals surface area (Å²) >= 11 is 3.82. The van der Waals surface area contributed by atoms with Gasteiger partial charge in [-0.25, -0.2) is 0 Å². The molecule has 0 saturated heterocycles. The molecule has 0 aliphatic heterocycles. The highest BCUT2D eigenvalue weighted by atomic mass is 32.1. The van der Waals surface area contributed by atoms with Gasteiger partial charge in [-0.05, 0) is 36.4 Å². The molecule has 0 bridgehead atoms. The van der Waals surface area contributed by atoms with Gasteiger partial charge in [0.2, 0.25) is 0 Å². The van der Waals surface area contributed by atoms with Gasteiger partial charge in [0, 0.05) is 20.3 Å². The molecule has 1 unspecified atom stereocenters. The van der Waals surface area contributed by atoms with E-state index in [1.54, 1.807) is 0 Å². The van der Waals surface area contributed by atoms with Gasteiger partial charge >= 0.3 is 0 Å². The third kappa shape index (κ3) is 3.14. The predicted octanol–water partition coefficient (Wildman–Crippen LogP) is 5.44. The van der Waals surface area contributed by atoms with Gasteiger partial charge < -0.3 is 5.32 Å². The molecule has 0 saturated carbocycles. The van der Waals surface area contributed by atoms with E-state index in [1.165, 1.54) is 33.5 Å². The van der Waals surface area contributed by atoms with Crippen molar-refractivity contribution in [2.45, 2.75) is 46.1 Å². The summed E-state index contributed by atoms with van der Waals surface area (Å²) < 4.78 is 2.89. The lowest BCUT2D eigenvalue weighted by molar-refractivity contribution is 0.379. The summed E-state index contributed by atoms with van der Waals surface area (Å²) in [7, 11) is 0. The molecule has 18 heavy (non-hydrogen) atoms. The van der Waals surface area contributed by atoms with Crippen LogP contribution in [0.25, 0.3) is 9.40 Å². The molecular formula is C15H23NS2. The normalized spacial score (nSPS) is 13.6. The smallest absolute Gasteiger partial charge is 0.0454 e. The number of thiophene rings is 2. The maximum absolute atomic E-state index is 3.66. The van der Waals surface area contributed by atoms with Gasteiger partial charge in [-0.2, -0.15) is 0 Å². The molecule has 0 amide bonds. The lowest BCUT2D eigenvalue weighted by atomic mass is 9.94. The van der Waals surface area contributed by atoms with Gasteiger partial charge in [-0.1, -0.05) is 33.6 Å². The Bertz CT molecular complexity index is 439. The van der Waals surface area contributed by atoms with E-state index in [1.807, 2.05) is 22.7 Å². The fraction of sp³-hybridized carbons (Fsp3) is 0.600. The maximum atomic E-state index is 3.66. The largest absolute Gasteiger partial charge is 0.310 e. The van der Waals surface area contributed by atoms with Crippen molar-refractivity contribution < 1.29 is 0 Å². The second kappa shape index (κ2) is 6.69. The summed E-state index contributed by atoms with van der Waals surface area (Å²) in [5, 5.41) is 5.85. The highest BCUT2D eigenvalue weighted by Crippen LogP contribution is 2.36. The molecule has 1 atom stereocenters. The van der Waals surface area contributed by atoms with Crippen LogP contribution >= 0.6 is 22.7 Å². The van der Waals surface area contributed by atoms with E-state index >= 15 is 0 Å². The lowest BCUT2D eigenvalue weighted by Crippen LogP contribution is -2.22. The fourth-order valence-corrected chi connectivity index (χ4v) is 4.67. The van der Waals surface area contributed by atoms with Crippen LogP contribution < -0.4 is 5.32 Å². The molecule has 0 fully saturated rings. The summed E-state index contributed by atoms with van der Waals surface area (Å²) in [6.07, 6.45) is 3.85. The summed E-state index contributed by atoms with van der Waals surface area (Å²) in [6.45, 7) is 7.88. The zero-order valence-corrected chi connectivity index (χ0v) is 13.2. The van der Waals surface area contributed by atoms with Crippen LogP contribution in [0.2, 0.25) is 0 Å². The van der Waals surface area contributed by atoms with E-state index in [2.05, 4.69) is 43.6 Å². The van der Waals surface area contributed by atoms with E-state index in [4.69, 9.17) is 0 Å². The van der Waals surface area contributed by atoms with Crippen molar-refractivity contribution in [2.24, 2.45) is 5.92 Å². The summed E-state index contributed by atoms with van der Waals surface area (Å²) in [4.78, 5) is 1.52. The van der Waals surface area contributed by atoms with Crippen molar-refractivity contribution >= 4 is 32.1 Å². The van der Waals surface area contributed by atoms with Crippen LogP contribution in [0.4, 0.5) is 0 Å². The second-order valence-corrected chi connectivity index (χ2v) is 6.89. The first-order valence-electron chi connectivity index (χ1n) is 6.98. The molecule has 1 nitrogen and oxygen atoms in total. The van der Waals surface area contributed by atoms with Gasteiger partial charge in [0.25, 0.3) is 0 Å². The molecule has 2 aromatic heterocycles. The molecule has 2 aromatic rings. The minimum absolute atomic E-state index is 0.546. The Kier molecular flexibility index (Phi) is 5.22. The molecule has 2 rings (SSSR count).